The number of rotatable bonds is 4. The summed E-state index contributed by atoms with van der Waals surface area (Å²) in [4.78, 5) is 0. The van der Waals surface area contributed by atoms with Gasteiger partial charge < -0.3 is 0 Å². The lowest BCUT2D eigenvalue weighted by Gasteiger charge is -2.23. The fourth-order valence-electron chi connectivity index (χ4n) is 8.68. The average molecular weight is 605 g/mol. The van der Waals surface area contributed by atoms with E-state index in [0.29, 0.717) is 0 Å². The van der Waals surface area contributed by atoms with E-state index in [9.17, 15) is 0 Å². The molecule has 0 bridgehead atoms. The molecule has 2 aliphatic rings. The number of hydrogen-bond acceptors (Lipinski definition) is 0. The first-order chi connectivity index (χ1) is 23.8. The SMILES string of the molecule is C1=Cc2c(-c3ccccc3)cc3c4cc(-c5ccccc5)c5c6c(c(-c7ccccc7)cc(c7cc(-c8ccccc8)c1c2c73)c64)C=C5. The minimum Gasteiger partial charge on any atom is -0.0622 e. The highest BCUT2D eigenvalue weighted by Gasteiger charge is 2.28. The summed E-state index contributed by atoms with van der Waals surface area (Å²) in [7, 11) is 0. The van der Waals surface area contributed by atoms with Gasteiger partial charge in [-0.1, -0.05) is 146 Å². The molecule has 0 aromatic heterocycles. The molecular weight excluding hydrogens is 577 g/mol. The van der Waals surface area contributed by atoms with E-state index < -0.39 is 0 Å². The van der Waals surface area contributed by atoms with Crippen molar-refractivity contribution in [2.75, 3.05) is 0 Å². The molecule has 0 fully saturated rings. The van der Waals surface area contributed by atoms with Crippen molar-refractivity contribution in [3.63, 3.8) is 0 Å². The van der Waals surface area contributed by atoms with Crippen LogP contribution in [0.2, 0.25) is 0 Å². The maximum Gasteiger partial charge on any atom is -0.00134 e. The minimum atomic E-state index is 1.25. The van der Waals surface area contributed by atoms with E-state index in [-0.39, 0.29) is 0 Å². The molecule has 0 saturated carbocycles. The van der Waals surface area contributed by atoms with Gasteiger partial charge in [-0.05, 0) is 134 Å². The van der Waals surface area contributed by atoms with Crippen LogP contribution in [0.3, 0.4) is 0 Å². The molecule has 9 aromatic rings. The lowest BCUT2D eigenvalue weighted by atomic mass is 9.80. The van der Waals surface area contributed by atoms with Gasteiger partial charge in [-0.25, -0.2) is 0 Å². The van der Waals surface area contributed by atoms with Crippen LogP contribution < -0.4 is 0 Å². The first-order valence-corrected chi connectivity index (χ1v) is 16.8. The third kappa shape index (κ3) is 3.44. The highest BCUT2D eigenvalue weighted by molar-refractivity contribution is 6.39. The molecule has 0 radical (unpaired) electrons. The molecule has 0 heterocycles. The predicted molar refractivity (Wildman–Crippen MR) is 207 cm³/mol. The minimum absolute atomic E-state index is 1.25. The summed E-state index contributed by atoms with van der Waals surface area (Å²) in [6, 6.07) is 53.7. The Kier molecular flexibility index (Phi) is 5.20. The Balaban J connectivity index is 1.42. The van der Waals surface area contributed by atoms with E-state index in [1.165, 1.54) is 110 Å². The maximum absolute atomic E-state index is 2.49. The summed E-state index contributed by atoms with van der Waals surface area (Å²) in [5, 5.41) is 10.8. The highest BCUT2D eigenvalue weighted by atomic mass is 14.3. The van der Waals surface area contributed by atoms with Gasteiger partial charge >= 0.3 is 0 Å². The van der Waals surface area contributed by atoms with E-state index in [2.05, 4.69) is 170 Å². The number of fused-ring (bicyclic) bond motifs is 2. The molecule has 2 aliphatic carbocycles. The van der Waals surface area contributed by atoms with Crippen LogP contribution in [0.15, 0.2) is 146 Å². The van der Waals surface area contributed by atoms with E-state index in [0.717, 1.165) is 0 Å². The summed E-state index contributed by atoms with van der Waals surface area (Å²) in [6.45, 7) is 0. The Morgan fingerprint density at radius 1 is 0.229 bits per heavy atom. The Labute approximate surface area is 278 Å². The third-order valence-corrected chi connectivity index (χ3v) is 10.7. The summed E-state index contributed by atoms with van der Waals surface area (Å²) >= 11 is 0. The second-order valence-electron chi connectivity index (χ2n) is 13.2. The summed E-state index contributed by atoms with van der Waals surface area (Å²) in [5.74, 6) is 0. The molecule has 0 N–H and O–H groups in total. The zero-order valence-electron chi connectivity index (χ0n) is 26.2. The van der Waals surface area contributed by atoms with Crippen LogP contribution in [0.4, 0.5) is 0 Å². The van der Waals surface area contributed by atoms with E-state index in [1.807, 2.05) is 0 Å². The average Bonchev–Trinajstić information content (AvgIpc) is 3.81. The smallest absolute Gasteiger partial charge is 0.00134 e. The van der Waals surface area contributed by atoms with Gasteiger partial charge in [-0.15, -0.1) is 0 Å². The number of hydrogen-bond donors (Lipinski definition) is 0. The van der Waals surface area contributed by atoms with Crippen LogP contribution in [-0.2, 0) is 0 Å². The van der Waals surface area contributed by atoms with Crippen molar-refractivity contribution >= 4 is 67.4 Å². The molecule has 48 heavy (non-hydrogen) atoms. The van der Waals surface area contributed by atoms with Gasteiger partial charge in [-0.3, -0.25) is 0 Å². The quantitative estimate of drug-likeness (QED) is 0.138. The van der Waals surface area contributed by atoms with E-state index in [1.54, 1.807) is 0 Å². The van der Waals surface area contributed by atoms with Crippen molar-refractivity contribution < 1.29 is 0 Å². The molecule has 0 saturated heterocycles. The summed E-state index contributed by atoms with van der Waals surface area (Å²) in [6.07, 6.45) is 9.42. The van der Waals surface area contributed by atoms with E-state index in [4.69, 9.17) is 0 Å². The lowest BCUT2D eigenvalue weighted by molar-refractivity contribution is 1.62. The molecule has 0 aliphatic heterocycles. The van der Waals surface area contributed by atoms with Crippen molar-refractivity contribution in [1.29, 1.82) is 0 Å². The Morgan fingerprint density at radius 2 is 0.458 bits per heavy atom. The van der Waals surface area contributed by atoms with Gasteiger partial charge in [0.25, 0.3) is 0 Å². The zero-order chi connectivity index (χ0) is 31.3. The van der Waals surface area contributed by atoms with Crippen molar-refractivity contribution in [2.45, 2.75) is 0 Å². The highest BCUT2D eigenvalue weighted by Crippen LogP contribution is 2.54. The molecule has 0 unspecified atom stereocenters. The van der Waals surface area contributed by atoms with Crippen LogP contribution >= 0.6 is 0 Å². The maximum atomic E-state index is 2.49. The monoisotopic (exact) mass is 604 g/mol. The fraction of sp³-hybridized carbons (Fsp3) is 0. The van der Waals surface area contributed by atoms with Gasteiger partial charge in [0, 0.05) is 0 Å². The molecule has 0 amide bonds. The second kappa shape index (κ2) is 9.64. The van der Waals surface area contributed by atoms with Crippen LogP contribution in [0, 0.1) is 0 Å². The summed E-state index contributed by atoms with van der Waals surface area (Å²) < 4.78 is 0. The van der Waals surface area contributed by atoms with Crippen molar-refractivity contribution in [2.24, 2.45) is 0 Å². The number of benzene rings is 9. The largest absolute Gasteiger partial charge is 0.0622 e. The molecule has 220 valence electrons. The zero-order valence-corrected chi connectivity index (χ0v) is 26.2. The summed E-state index contributed by atoms with van der Waals surface area (Å²) in [5.41, 5.74) is 15.5. The van der Waals surface area contributed by atoms with Crippen LogP contribution in [0.1, 0.15) is 22.3 Å². The van der Waals surface area contributed by atoms with Crippen LogP contribution in [0.25, 0.3) is 112 Å². The van der Waals surface area contributed by atoms with E-state index >= 15 is 0 Å². The Bertz CT molecular complexity index is 2440. The van der Waals surface area contributed by atoms with Gasteiger partial charge in [0.05, 0.1) is 0 Å². The second-order valence-corrected chi connectivity index (χ2v) is 13.2. The first kappa shape index (κ1) is 25.9. The Hall–Kier alpha value is -6.24. The molecule has 0 heteroatoms. The molecular formula is C48H28. The van der Waals surface area contributed by atoms with Crippen molar-refractivity contribution in [3.8, 4) is 44.5 Å². The topological polar surface area (TPSA) is 0 Å². The normalized spacial score (nSPS) is 12.8. The van der Waals surface area contributed by atoms with Crippen molar-refractivity contribution in [3.05, 3.63) is 168 Å². The Morgan fingerprint density at radius 3 is 0.688 bits per heavy atom. The van der Waals surface area contributed by atoms with Crippen LogP contribution in [-0.4, -0.2) is 0 Å². The standard InChI is InChI=1S/C48H28/c1-5-13-29(14-6-1)37-25-41-42-26-39(31-17-9-3-10-18-31)35-23-24-36-40(32-19-11-4-12-20-32)28-44(48(42)46(35)36)43-27-38(30-15-7-2-8-16-30)34-22-21-33(37)45(34)47(41)43/h1-28H. The first-order valence-electron chi connectivity index (χ1n) is 16.8. The van der Waals surface area contributed by atoms with Gasteiger partial charge in [0.15, 0.2) is 0 Å². The molecule has 0 spiro atoms. The predicted octanol–water partition coefficient (Wildman–Crippen LogP) is 13.4. The fourth-order valence-corrected chi connectivity index (χ4v) is 8.68. The molecule has 9 aromatic carbocycles. The lowest BCUT2D eigenvalue weighted by Crippen LogP contribution is -1.97. The van der Waals surface area contributed by atoms with Gasteiger partial charge in [0.2, 0.25) is 0 Å². The third-order valence-electron chi connectivity index (χ3n) is 10.7. The van der Waals surface area contributed by atoms with Crippen molar-refractivity contribution in [1.82, 2.24) is 0 Å². The van der Waals surface area contributed by atoms with Crippen LogP contribution in [0.5, 0.6) is 0 Å². The molecule has 0 atom stereocenters. The molecule has 0 nitrogen and oxygen atoms in total. The van der Waals surface area contributed by atoms with Gasteiger partial charge in [-0.2, -0.15) is 0 Å². The van der Waals surface area contributed by atoms with Gasteiger partial charge in [0.1, 0.15) is 0 Å². The molecule has 11 rings (SSSR count).